The van der Waals surface area contributed by atoms with Gasteiger partial charge in [-0.15, -0.1) is 0 Å². The molecule has 0 spiro atoms. The van der Waals surface area contributed by atoms with Crippen LogP contribution in [0.25, 0.3) is 0 Å². The lowest BCUT2D eigenvalue weighted by Gasteiger charge is -2.17. The number of hydrogen-bond acceptors (Lipinski definition) is 3. The summed E-state index contributed by atoms with van der Waals surface area (Å²) in [7, 11) is 0. The van der Waals surface area contributed by atoms with Crippen LogP contribution in [0.4, 0.5) is 0 Å². The van der Waals surface area contributed by atoms with Gasteiger partial charge in [-0.25, -0.2) is 0 Å². The molecule has 4 heteroatoms. The number of likely N-dealkylation sites (tertiary alicyclic amines) is 1. The number of nitrogens with zero attached hydrogens (tertiary/aromatic N) is 1. The largest absolute Gasteiger partial charge is 0.507 e. The van der Waals surface area contributed by atoms with Gasteiger partial charge in [0.2, 0.25) is 0 Å². The molecule has 2 aromatic rings. The first-order valence-electron chi connectivity index (χ1n) is 7.98. The van der Waals surface area contributed by atoms with E-state index in [1.54, 1.807) is 12.1 Å². The number of carbonyl (C=O) groups is 1. The Hall–Kier alpha value is -2.33. The van der Waals surface area contributed by atoms with Crippen molar-refractivity contribution in [1.29, 1.82) is 0 Å². The molecule has 1 amide bonds. The summed E-state index contributed by atoms with van der Waals surface area (Å²) in [5.41, 5.74) is 2.57. The van der Waals surface area contributed by atoms with Gasteiger partial charge in [-0.2, -0.15) is 0 Å². The zero-order valence-electron chi connectivity index (χ0n) is 13.3. The van der Waals surface area contributed by atoms with Crippen molar-refractivity contribution in [3.05, 3.63) is 65.2 Å². The maximum absolute atomic E-state index is 12.3. The molecule has 1 saturated heterocycles. The highest BCUT2D eigenvalue weighted by Crippen LogP contribution is 2.19. The highest BCUT2D eigenvalue weighted by molar-refractivity contribution is 5.97. The van der Waals surface area contributed by atoms with Gasteiger partial charge in [0.15, 0.2) is 0 Å². The molecule has 0 bridgehead atoms. The van der Waals surface area contributed by atoms with E-state index in [0.717, 1.165) is 31.6 Å². The van der Waals surface area contributed by atoms with Crippen molar-refractivity contribution in [2.75, 3.05) is 13.1 Å². The van der Waals surface area contributed by atoms with Crippen LogP contribution in [0.1, 0.15) is 27.9 Å². The minimum atomic E-state index is -0.200. The van der Waals surface area contributed by atoms with E-state index in [9.17, 15) is 9.90 Å². The van der Waals surface area contributed by atoms with Gasteiger partial charge >= 0.3 is 0 Å². The number of aryl methyl sites for hydroxylation is 1. The molecule has 120 valence electrons. The molecular formula is C19H22N2O2. The van der Waals surface area contributed by atoms with E-state index >= 15 is 0 Å². The van der Waals surface area contributed by atoms with Gasteiger partial charge in [0.25, 0.3) is 5.91 Å². The van der Waals surface area contributed by atoms with Crippen LogP contribution in [0.2, 0.25) is 0 Å². The van der Waals surface area contributed by atoms with Crippen molar-refractivity contribution in [2.45, 2.75) is 25.9 Å². The molecule has 1 aliphatic rings. The fourth-order valence-electron chi connectivity index (χ4n) is 3.03. The van der Waals surface area contributed by atoms with Crippen LogP contribution in [-0.4, -0.2) is 35.0 Å². The number of nitrogens with one attached hydrogen (secondary N) is 1. The van der Waals surface area contributed by atoms with Gasteiger partial charge in [-0.1, -0.05) is 36.4 Å². The first-order valence-corrected chi connectivity index (χ1v) is 7.98. The van der Waals surface area contributed by atoms with Crippen LogP contribution < -0.4 is 5.32 Å². The van der Waals surface area contributed by atoms with Crippen LogP contribution in [0.3, 0.4) is 0 Å². The Balaban J connectivity index is 1.56. The number of hydrogen-bond donors (Lipinski definition) is 2. The number of phenols is 1. The maximum atomic E-state index is 12.3. The number of amides is 1. The fraction of sp³-hybridized carbons (Fsp3) is 0.316. The Kier molecular flexibility index (Phi) is 4.63. The molecule has 1 aliphatic heterocycles. The second-order valence-electron chi connectivity index (χ2n) is 6.20. The zero-order chi connectivity index (χ0) is 16.2. The van der Waals surface area contributed by atoms with Crippen molar-refractivity contribution in [3.63, 3.8) is 0 Å². The molecule has 1 fully saturated rings. The Morgan fingerprint density at radius 2 is 2.04 bits per heavy atom. The number of phenolic OH excluding ortho intramolecular Hbond substituents is 1. The molecule has 1 unspecified atom stereocenters. The van der Waals surface area contributed by atoms with Crippen molar-refractivity contribution >= 4 is 5.91 Å². The molecular weight excluding hydrogens is 288 g/mol. The van der Waals surface area contributed by atoms with Gasteiger partial charge < -0.3 is 10.4 Å². The summed E-state index contributed by atoms with van der Waals surface area (Å²) in [6, 6.07) is 15.6. The van der Waals surface area contributed by atoms with Crippen LogP contribution in [0, 0.1) is 6.92 Å². The van der Waals surface area contributed by atoms with E-state index < -0.39 is 0 Å². The molecule has 4 nitrogen and oxygen atoms in total. The molecule has 2 aromatic carbocycles. The molecule has 1 heterocycles. The number of aromatic hydroxyl groups is 1. The van der Waals surface area contributed by atoms with Gasteiger partial charge in [-0.3, -0.25) is 9.69 Å². The van der Waals surface area contributed by atoms with Crippen LogP contribution >= 0.6 is 0 Å². The maximum Gasteiger partial charge on any atom is 0.255 e. The van der Waals surface area contributed by atoms with Crippen LogP contribution in [-0.2, 0) is 6.54 Å². The predicted molar refractivity (Wildman–Crippen MR) is 90.4 cm³/mol. The van der Waals surface area contributed by atoms with E-state index in [1.165, 1.54) is 5.56 Å². The number of benzene rings is 2. The summed E-state index contributed by atoms with van der Waals surface area (Å²) in [4.78, 5) is 14.7. The minimum Gasteiger partial charge on any atom is -0.507 e. The standard InChI is InChI=1S/C19H22N2O2/c1-14-7-8-17(18(22)11-14)19(23)20-16-9-10-21(13-16)12-15-5-3-2-4-6-15/h2-8,11,16,22H,9-10,12-13H2,1H3,(H,20,23). The molecule has 0 saturated carbocycles. The highest BCUT2D eigenvalue weighted by Gasteiger charge is 2.24. The van der Waals surface area contributed by atoms with Crippen molar-refractivity contribution in [1.82, 2.24) is 10.2 Å². The summed E-state index contributed by atoms with van der Waals surface area (Å²) in [6.45, 7) is 4.61. The summed E-state index contributed by atoms with van der Waals surface area (Å²) in [5, 5.41) is 12.9. The van der Waals surface area contributed by atoms with Gasteiger partial charge in [0.05, 0.1) is 5.56 Å². The molecule has 0 aromatic heterocycles. The Labute approximate surface area is 136 Å². The Morgan fingerprint density at radius 1 is 1.26 bits per heavy atom. The first-order chi connectivity index (χ1) is 11.1. The predicted octanol–water partition coefficient (Wildman–Crippen LogP) is 2.70. The lowest BCUT2D eigenvalue weighted by molar-refractivity contribution is 0.0935. The summed E-state index contributed by atoms with van der Waals surface area (Å²) < 4.78 is 0. The van der Waals surface area contributed by atoms with Crippen LogP contribution in [0.15, 0.2) is 48.5 Å². The van der Waals surface area contributed by atoms with Gasteiger partial charge in [-0.05, 0) is 36.6 Å². The smallest absolute Gasteiger partial charge is 0.255 e. The highest BCUT2D eigenvalue weighted by atomic mass is 16.3. The monoisotopic (exact) mass is 310 g/mol. The average molecular weight is 310 g/mol. The number of rotatable bonds is 4. The first kappa shape index (κ1) is 15.6. The quantitative estimate of drug-likeness (QED) is 0.913. The molecule has 23 heavy (non-hydrogen) atoms. The minimum absolute atomic E-state index is 0.0432. The molecule has 2 N–H and O–H groups in total. The van der Waals surface area contributed by atoms with Gasteiger partial charge in [0.1, 0.15) is 5.75 Å². The van der Waals surface area contributed by atoms with E-state index in [4.69, 9.17) is 0 Å². The average Bonchev–Trinajstić information content (AvgIpc) is 2.95. The second kappa shape index (κ2) is 6.84. The van der Waals surface area contributed by atoms with Crippen molar-refractivity contribution < 1.29 is 9.90 Å². The fourth-order valence-corrected chi connectivity index (χ4v) is 3.03. The molecule has 0 aliphatic carbocycles. The number of carbonyl (C=O) groups excluding carboxylic acids is 1. The van der Waals surface area contributed by atoms with E-state index in [0.29, 0.717) is 5.56 Å². The third kappa shape index (κ3) is 3.90. The Bertz CT molecular complexity index is 685. The SMILES string of the molecule is Cc1ccc(C(=O)NC2CCN(Cc3ccccc3)C2)c(O)c1. The van der Waals surface area contributed by atoms with E-state index in [-0.39, 0.29) is 17.7 Å². The van der Waals surface area contributed by atoms with E-state index in [2.05, 4.69) is 22.3 Å². The van der Waals surface area contributed by atoms with Crippen molar-refractivity contribution in [3.8, 4) is 5.75 Å². The molecule has 1 atom stereocenters. The normalized spacial score (nSPS) is 18.0. The second-order valence-corrected chi connectivity index (χ2v) is 6.20. The van der Waals surface area contributed by atoms with Crippen LogP contribution in [0.5, 0.6) is 5.75 Å². The zero-order valence-corrected chi connectivity index (χ0v) is 13.3. The van der Waals surface area contributed by atoms with E-state index in [1.807, 2.05) is 31.2 Å². The summed E-state index contributed by atoms with van der Waals surface area (Å²) in [6.07, 6.45) is 0.936. The molecule has 3 rings (SSSR count). The van der Waals surface area contributed by atoms with Gasteiger partial charge in [0, 0.05) is 25.7 Å². The topological polar surface area (TPSA) is 52.6 Å². The van der Waals surface area contributed by atoms with Crippen molar-refractivity contribution in [2.24, 2.45) is 0 Å². The lowest BCUT2D eigenvalue weighted by Crippen LogP contribution is -2.37. The lowest BCUT2D eigenvalue weighted by atomic mass is 10.1. The third-order valence-electron chi connectivity index (χ3n) is 4.25. The Morgan fingerprint density at radius 3 is 2.78 bits per heavy atom. The molecule has 0 radical (unpaired) electrons. The third-order valence-corrected chi connectivity index (χ3v) is 4.25. The summed E-state index contributed by atoms with van der Waals surface area (Å²) >= 11 is 0. The summed E-state index contributed by atoms with van der Waals surface area (Å²) in [5.74, 6) is -0.157.